The van der Waals surface area contributed by atoms with Crippen LogP contribution in [0.4, 0.5) is 17.1 Å². The summed E-state index contributed by atoms with van der Waals surface area (Å²) in [6.45, 7) is 0. The number of benzene rings is 7. The molecule has 2 aromatic heterocycles. The molecule has 0 spiro atoms. The molecular formula is C46H30N4O. The highest BCUT2D eigenvalue weighted by Crippen LogP contribution is 2.51. The van der Waals surface area contributed by atoms with Crippen LogP contribution in [0.15, 0.2) is 182 Å². The first-order chi connectivity index (χ1) is 25.3. The standard InChI is InChI=1S/C46H30N4O/c1-5-15-31(16-6-1)44-43-37-29-33(34-26-28-40-42(30-34)51-41-24-14-13-23-39(41)49(40)35-19-9-3-10-20-35)25-27-38(37)50(36-21-11-4-12-22-36)46(43)48-45(47-44)32-17-7-2-8-18-32/h1-30H. The number of anilines is 3. The molecule has 0 atom stereocenters. The van der Waals surface area contributed by atoms with Gasteiger partial charge in [-0.05, 0) is 71.8 Å². The zero-order valence-corrected chi connectivity index (χ0v) is 27.5. The van der Waals surface area contributed by atoms with Crippen LogP contribution in [0.1, 0.15) is 0 Å². The summed E-state index contributed by atoms with van der Waals surface area (Å²) < 4.78 is 8.84. The van der Waals surface area contributed by atoms with E-state index in [-0.39, 0.29) is 0 Å². The first-order valence-electron chi connectivity index (χ1n) is 17.1. The van der Waals surface area contributed by atoms with E-state index >= 15 is 0 Å². The Balaban J connectivity index is 1.21. The molecule has 5 heteroatoms. The van der Waals surface area contributed by atoms with Crippen molar-refractivity contribution in [2.24, 2.45) is 0 Å². The maximum Gasteiger partial charge on any atom is 0.162 e. The average molecular weight is 655 g/mol. The number of aromatic nitrogens is 3. The molecule has 3 heterocycles. The van der Waals surface area contributed by atoms with Crippen molar-refractivity contribution in [1.82, 2.24) is 14.5 Å². The van der Waals surface area contributed by atoms with Crippen LogP contribution in [-0.2, 0) is 0 Å². The number of ether oxygens (including phenoxy) is 1. The number of hydrogen-bond acceptors (Lipinski definition) is 4. The minimum Gasteiger partial charge on any atom is -0.453 e. The normalized spacial score (nSPS) is 12.0. The fourth-order valence-electron chi connectivity index (χ4n) is 7.24. The van der Waals surface area contributed by atoms with Crippen LogP contribution in [0.25, 0.3) is 61.4 Å². The lowest BCUT2D eigenvalue weighted by molar-refractivity contribution is 0.477. The van der Waals surface area contributed by atoms with Crippen LogP contribution in [0, 0.1) is 0 Å². The topological polar surface area (TPSA) is 43.2 Å². The Kier molecular flexibility index (Phi) is 6.74. The van der Waals surface area contributed by atoms with Crippen LogP contribution in [0.5, 0.6) is 11.5 Å². The fraction of sp³-hybridized carbons (Fsp3) is 0. The molecule has 5 nitrogen and oxygen atoms in total. The number of rotatable bonds is 5. The monoisotopic (exact) mass is 654 g/mol. The minimum atomic E-state index is 0.692. The Hall–Kier alpha value is -6.98. The first kappa shape index (κ1) is 29.0. The Labute approximate surface area is 295 Å². The van der Waals surface area contributed by atoms with Gasteiger partial charge in [0.25, 0.3) is 0 Å². The number of para-hydroxylation sites is 4. The molecule has 240 valence electrons. The molecule has 51 heavy (non-hydrogen) atoms. The lowest BCUT2D eigenvalue weighted by Crippen LogP contribution is -2.15. The van der Waals surface area contributed by atoms with Crippen molar-refractivity contribution in [2.45, 2.75) is 0 Å². The van der Waals surface area contributed by atoms with Gasteiger partial charge in [0.15, 0.2) is 17.3 Å². The first-order valence-corrected chi connectivity index (χ1v) is 17.1. The summed E-state index contributed by atoms with van der Waals surface area (Å²) in [4.78, 5) is 12.8. The molecule has 7 aromatic carbocycles. The van der Waals surface area contributed by atoms with Gasteiger partial charge >= 0.3 is 0 Å². The van der Waals surface area contributed by atoms with E-state index in [9.17, 15) is 0 Å². The summed E-state index contributed by atoms with van der Waals surface area (Å²) in [7, 11) is 0. The van der Waals surface area contributed by atoms with E-state index < -0.39 is 0 Å². The van der Waals surface area contributed by atoms with Gasteiger partial charge in [0.1, 0.15) is 5.65 Å². The third-order valence-electron chi connectivity index (χ3n) is 9.58. The maximum absolute atomic E-state index is 6.58. The summed E-state index contributed by atoms with van der Waals surface area (Å²) in [5.41, 5.74) is 11.1. The highest BCUT2D eigenvalue weighted by molar-refractivity contribution is 6.15. The van der Waals surface area contributed by atoms with Crippen molar-refractivity contribution >= 4 is 39.0 Å². The van der Waals surface area contributed by atoms with E-state index in [0.29, 0.717) is 5.82 Å². The van der Waals surface area contributed by atoms with Gasteiger partial charge in [-0.2, -0.15) is 0 Å². The molecular weight excluding hydrogens is 625 g/mol. The lowest BCUT2D eigenvalue weighted by Gasteiger charge is -2.33. The molecule has 0 radical (unpaired) electrons. The second-order valence-corrected chi connectivity index (χ2v) is 12.7. The second-order valence-electron chi connectivity index (χ2n) is 12.7. The van der Waals surface area contributed by atoms with Crippen LogP contribution >= 0.6 is 0 Å². The highest BCUT2D eigenvalue weighted by Gasteiger charge is 2.26. The molecule has 1 aliphatic heterocycles. The zero-order valence-electron chi connectivity index (χ0n) is 27.5. The molecule has 0 aliphatic carbocycles. The van der Waals surface area contributed by atoms with Gasteiger partial charge in [-0.3, -0.25) is 4.57 Å². The maximum atomic E-state index is 6.58. The summed E-state index contributed by atoms with van der Waals surface area (Å²) >= 11 is 0. The van der Waals surface area contributed by atoms with Gasteiger partial charge in [0.2, 0.25) is 0 Å². The smallest absolute Gasteiger partial charge is 0.162 e. The van der Waals surface area contributed by atoms with Crippen molar-refractivity contribution in [1.29, 1.82) is 0 Å². The Morgan fingerprint density at radius 1 is 0.431 bits per heavy atom. The number of nitrogens with zero attached hydrogens (tertiary/aromatic N) is 4. The summed E-state index contributed by atoms with van der Waals surface area (Å²) in [6.07, 6.45) is 0. The molecule has 0 amide bonds. The summed E-state index contributed by atoms with van der Waals surface area (Å²) in [6, 6.07) is 62.9. The van der Waals surface area contributed by atoms with Gasteiger partial charge in [-0.15, -0.1) is 0 Å². The predicted octanol–water partition coefficient (Wildman–Crippen LogP) is 12.2. The molecule has 0 saturated heterocycles. The largest absolute Gasteiger partial charge is 0.453 e. The van der Waals surface area contributed by atoms with Gasteiger partial charge in [-0.1, -0.05) is 121 Å². The molecule has 0 unspecified atom stereocenters. The van der Waals surface area contributed by atoms with E-state index in [1.54, 1.807) is 0 Å². The summed E-state index contributed by atoms with van der Waals surface area (Å²) in [5, 5.41) is 2.10. The zero-order chi connectivity index (χ0) is 33.7. The molecule has 10 rings (SSSR count). The van der Waals surface area contributed by atoms with Crippen LogP contribution in [0.2, 0.25) is 0 Å². The van der Waals surface area contributed by atoms with Crippen molar-refractivity contribution in [2.75, 3.05) is 4.90 Å². The fourth-order valence-corrected chi connectivity index (χ4v) is 7.24. The predicted molar refractivity (Wildman–Crippen MR) is 207 cm³/mol. The average Bonchev–Trinajstić information content (AvgIpc) is 3.54. The third-order valence-corrected chi connectivity index (χ3v) is 9.58. The Morgan fingerprint density at radius 2 is 1.02 bits per heavy atom. The van der Waals surface area contributed by atoms with Gasteiger partial charge in [0.05, 0.1) is 28.0 Å². The highest BCUT2D eigenvalue weighted by atomic mass is 16.5. The van der Waals surface area contributed by atoms with Gasteiger partial charge < -0.3 is 9.64 Å². The lowest BCUT2D eigenvalue weighted by atomic mass is 9.99. The van der Waals surface area contributed by atoms with Crippen molar-refractivity contribution in [3.05, 3.63) is 182 Å². The molecule has 0 fully saturated rings. The molecule has 0 bridgehead atoms. The Bertz CT molecular complexity index is 2710. The van der Waals surface area contributed by atoms with E-state index in [1.807, 2.05) is 48.5 Å². The SMILES string of the molecule is c1ccc(-c2nc(-c3ccccc3)c3c4cc(-c5ccc6c(c5)Oc5ccccc5N6c5ccccc5)ccc4n(-c4ccccc4)c3n2)cc1. The Morgan fingerprint density at radius 3 is 1.76 bits per heavy atom. The van der Waals surface area contributed by atoms with E-state index in [2.05, 4.69) is 143 Å². The van der Waals surface area contributed by atoms with Crippen molar-refractivity contribution < 1.29 is 4.74 Å². The third kappa shape index (κ3) is 4.86. The molecule has 9 aromatic rings. The molecule has 0 saturated carbocycles. The van der Waals surface area contributed by atoms with Gasteiger partial charge in [-0.25, -0.2) is 9.97 Å². The summed E-state index contributed by atoms with van der Waals surface area (Å²) in [5.74, 6) is 2.33. The van der Waals surface area contributed by atoms with Crippen molar-refractivity contribution in [3.63, 3.8) is 0 Å². The van der Waals surface area contributed by atoms with Gasteiger partial charge in [0, 0.05) is 27.9 Å². The minimum absolute atomic E-state index is 0.692. The number of fused-ring (bicyclic) bond motifs is 5. The van der Waals surface area contributed by atoms with Crippen molar-refractivity contribution in [3.8, 4) is 51.0 Å². The van der Waals surface area contributed by atoms with E-state index in [4.69, 9.17) is 14.7 Å². The second kappa shape index (κ2) is 11.9. The number of hydrogen-bond donors (Lipinski definition) is 0. The van der Waals surface area contributed by atoms with E-state index in [1.165, 1.54) is 0 Å². The van der Waals surface area contributed by atoms with E-state index in [0.717, 1.165) is 84.1 Å². The molecule has 0 N–H and O–H groups in total. The van der Waals surface area contributed by atoms with Crippen LogP contribution in [-0.4, -0.2) is 14.5 Å². The quantitative estimate of drug-likeness (QED) is 0.185. The molecule has 1 aliphatic rings. The van der Waals surface area contributed by atoms with Crippen LogP contribution in [0.3, 0.4) is 0 Å². The van der Waals surface area contributed by atoms with Crippen LogP contribution < -0.4 is 9.64 Å².